The van der Waals surface area contributed by atoms with Crippen LogP contribution in [0.1, 0.15) is 42.0 Å². The topological polar surface area (TPSA) is 46.9 Å². The first kappa shape index (κ1) is 18.6. The SMILES string of the molecule is Cc1ccc(Cn2ccc(NC(=O)/C=C/c3ccc(C(C)C)cc3)n2)cc1. The smallest absolute Gasteiger partial charge is 0.249 e. The van der Waals surface area contributed by atoms with Gasteiger partial charge in [0, 0.05) is 18.3 Å². The highest BCUT2D eigenvalue weighted by molar-refractivity contribution is 6.01. The number of hydrogen-bond donors (Lipinski definition) is 1. The molecule has 0 aliphatic carbocycles. The molecule has 0 saturated heterocycles. The molecule has 0 unspecified atom stereocenters. The fourth-order valence-corrected chi connectivity index (χ4v) is 2.73. The highest BCUT2D eigenvalue weighted by Crippen LogP contribution is 2.15. The minimum Gasteiger partial charge on any atom is -0.306 e. The minimum absolute atomic E-state index is 0.191. The van der Waals surface area contributed by atoms with Gasteiger partial charge in [-0.3, -0.25) is 9.48 Å². The first-order valence-corrected chi connectivity index (χ1v) is 9.17. The molecule has 0 atom stereocenters. The molecule has 0 aliphatic heterocycles. The highest BCUT2D eigenvalue weighted by atomic mass is 16.1. The summed E-state index contributed by atoms with van der Waals surface area (Å²) in [5.74, 6) is 0.858. The molecule has 27 heavy (non-hydrogen) atoms. The average Bonchev–Trinajstić information content (AvgIpc) is 3.09. The van der Waals surface area contributed by atoms with Crippen LogP contribution in [0.3, 0.4) is 0 Å². The van der Waals surface area contributed by atoms with E-state index in [-0.39, 0.29) is 5.91 Å². The van der Waals surface area contributed by atoms with Gasteiger partial charge in [0.15, 0.2) is 5.82 Å². The van der Waals surface area contributed by atoms with E-state index in [1.165, 1.54) is 22.8 Å². The number of aryl methyl sites for hydroxylation is 1. The summed E-state index contributed by atoms with van der Waals surface area (Å²) in [4.78, 5) is 12.1. The number of hydrogen-bond acceptors (Lipinski definition) is 2. The van der Waals surface area contributed by atoms with Gasteiger partial charge in [-0.2, -0.15) is 5.10 Å². The van der Waals surface area contributed by atoms with E-state index in [2.05, 4.69) is 67.6 Å². The molecule has 0 saturated carbocycles. The molecule has 0 spiro atoms. The molecule has 4 heteroatoms. The zero-order chi connectivity index (χ0) is 19.2. The molecule has 0 bridgehead atoms. The van der Waals surface area contributed by atoms with Crippen LogP contribution in [0, 0.1) is 6.92 Å². The van der Waals surface area contributed by atoms with Crippen molar-refractivity contribution in [3.8, 4) is 0 Å². The molecule has 0 fully saturated rings. The third-order valence-corrected chi connectivity index (χ3v) is 4.39. The molecular weight excluding hydrogens is 334 g/mol. The summed E-state index contributed by atoms with van der Waals surface area (Å²) in [5, 5.41) is 7.20. The Labute approximate surface area is 160 Å². The minimum atomic E-state index is -0.191. The lowest BCUT2D eigenvalue weighted by Gasteiger charge is -2.04. The highest BCUT2D eigenvalue weighted by Gasteiger charge is 2.03. The fourth-order valence-electron chi connectivity index (χ4n) is 2.73. The van der Waals surface area contributed by atoms with Crippen molar-refractivity contribution in [1.82, 2.24) is 9.78 Å². The summed E-state index contributed by atoms with van der Waals surface area (Å²) in [6.07, 6.45) is 5.20. The zero-order valence-corrected chi connectivity index (χ0v) is 16.0. The molecule has 0 aliphatic rings. The maximum atomic E-state index is 12.1. The van der Waals surface area contributed by atoms with Crippen molar-refractivity contribution in [2.75, 3.05) is 5.32 Å². The molecule has 1 aromatic heterocycles. The summed E-state index contributed by atoms with van der Waals surface area (Å²) in [5.41, 5.74) is 4.69. The van der Waals surface area contributed by atoms with Gasteiger partial charge >= 0.3 is 0 Å². The Morgan fingerprint density at radius 1 is 1.07 bits per heavy atom. The third kappa shape index (κ3) is 5.42. The molecular formula is C23H25N3O. The maximum absolute atomic E-state index is 12.1. The Morgan fingerprint density at radius 2 is 1.78 bits per heavy atom. The van der Waals surface area contributed by atoms with Crippen molar-refractivity contribution in [2.24, 2.45) is 0 Å². The van der Waals surface area contributed by atoms with Crippen molar-refractivity contribution in [3.63, 3.8) is 0 Å². The number of amides is 1. The lowest BCUT2D eigenvalue weighted by molar-refractivity contribution is -0.111. The Balaban J connectivity index is 1.56. The molecule has 3 rings (SSSR count). The standard InChI is InChI=1S/C23H25N3O/c1-17(2)21-11-8-19(9-12-21)10-13-23(27)24-22-14-15-26(25-22)16-20-6-4-18(3)5-7-20/h4-15,17H,16H2,1-3H3,(H,24,25,27)/b13-10+. The van der Waals surface area contributed by atoms with Crippen LogP contribution >= 0.6 is 0 Å². The number of rotatable bonds is 6. The molecule has 138 valence electrons. The van der Waals surface area contributed by atoms with E-state index in [0.29, 0.717) is 18.3 Å². The lowest BCUT2D eigenvalue weighted by atomic mass is 10.0. The maximum Gasteiger partial charge on any atom is 0.249 e. The first-order chi connectivity index (χ1) is 13.0. The fraction of sp³-hybridized carbons (Fsp3) is 0.217. The van der Waals surface area contributed by atoms with Crippen LogP contribution in [0.25, 0.3) is 6.08 Å². The molecule has 2 aromatic carbocycles. The van der Waals surface area contributed by atoms with E-state index in [1.807, 2.05) is 29.1 Å². The zero-order valence-electron chi connectivity index (χ0n) is 16.0. The van der Waals surface area contributed by atoms with Gasteiger partial charge in [0.1, 0.15) is 0 Å². The van der Waals surface area contributed by atoms with Crippen molar-refractivity contribution < 1.29 is 4.79 Å². The van der Waals surface area contributed by atoms with Crippen LogP contribution in [-0.2, 0) is 11.3 Å². The van der Waals surface area contributed by atoms with Crippen LogP contribution in [0.5, 0.6) is 0 Å². The summed E-state index contributed by atoms with van der Waals surface area (Å²) in [6.45, 7) is 7.07. The van der Waals surface area contributed by atoms with Gasteiger partial charge in [-0.25, -0.2) is 0 Å². The van der Waals surface area contributed by atoms with Crippen LogP contribution in [0.15, 0.2) is 66.9 Å². The number of aromatic nitrogens is 2. The van der Waals surface area contributed by atoms with Crippen molar-refractivity contribution in [3.05, 3.63) is 89.1 Å². The molecule has 1 N–H and O–H groups in total. The Bertz CT molecular complexity index is 919. The van der Waals surface area contributed by atoms with E-state index < -0.39 is 0 Å². The Hall–Kier alpha value is -3.14. The molecule has 1 heterocycles. The van der Waals surface area contributed by atoms with E-state index >= 15 is 0 Å². The average molecular weight is 359 g/mol. The second-order valence-corrected chi connectivity index (χ2v) is 7.03. The van der Waals surface area contributed by atoms with E-state index in [9.17, 15) is 4.79 Å². The normalized spacial score (nSPS) is 11.3. The number of benzene rings is 2. The quantitative estimate of drug-likeness (QED) is 0.629. The van der Waals surface area contributed by atoms with Crippen LogP contribution in [0.4, 0.5) is 5.82 Å². The lowest BCUT2D eigenvalue weighted by Crippen LogP contribution is -2.09. The van der Waals surface area contributed by atoms with Gasteiger partial charge in [-0.1, -0.05) is 67.9 Å². The van der Waals surface area contributed by atoms with Gasteiger partial charge in [0.25, 0.3) is 0 Å². The second kappa shape index (κ2) is 8.49. The summed E-state index contributed by atoms with van der Waals surface area (Å²) in [7, 11) is 0. The number of anilines is 1. The van der Waals surface area contributed by atoms with Crippen LogP contribution in [0.2, 0.25) is 0 Å². The summed E-state index contributed by atoms with van der Waals surface area (Å²) < 4.78 is 1.81. The van der Waals surface area contributed by atoms with Gasteiger partial charge < -0.3 is 5.32 Å². The van der Waals surface area contributed by atoms with E-state index in [4.69, 9.17) is 0 Å². The molecule has 0 radical (unpaired) electrons. The van der Waals surface area contributed by atoms with Crippen LogP contribution < -0.4 is 5.32 Å². The summed E-state index contributed by atoms with van der Waals surface area (Å²) in [6, 6.07) is 18.4. The second-order valence-electron chi connectivity index (χ2n) is 7.03. The van der Waals surface area contributed by atoms with E-state index in [0.717, 1.165) is 5.56 Å². The molecule has 3 aromatic rings. The van der Waals surface area contributed by atoms with Crippen molar-refractivity contribution in [2.45, 2.75) is 33.2 Å². The van der Waals surface area contributed by atoms with Gasteiger partial charge in [0.2, 0.25) is 5.91 Å². The van der Waals surface area contributed by atoms with Gasteiger partial charge in [-0.15, -0.1) is 0 Å². The third-order valence-electron chi connectivity index (χ3n) is 4.39. The molecule has 1 amide bonds. The predicted octanol–water partition coefficient (Wildman–Crippen LogP) is 5.02. The number of nitrogens with one attached hydrogen (secondary N) is 1. The van der Waals surface area contributed by atoms with Gasteiger partial charge in [-0.05, 0) is 35.6 Å². The van der Waals surface area contributed by atoms with Crippen molar-refractivity contribution >= 4 is 17.8 Å². The number of nitrogens with zero attached hydrogens (tertiary/aromatic N) is 2. The first-order valence-electron chi connectivity index (χ1n) is 9.17. The Morgan fingerprint density at radius 3 is 2.44 bits per heavy atom. The number of carbonyl (C=O) groups is 1. The predicted molar refractivity (Wildman–Crippen MR) is 111 cm³/mol. The van der Waals surface area contributed by atoms with Crippen molar-refractivity contribution in [1.29, 1.82) is 0 Å². The molecule has 4 nitrogen and oxygen atoms in total. The largest absolute Gasteiger partial charge is 0.306 e. The van der Waals surface area contributed by atoms with Crippen LogP contribution in [-0.4, -0.2) is 15.7 Å². The number of carbonyl (C=O) groups excluding carboxylic acids is 1. The monoisotopic (exact) mass is 359 g/mol. The van der Waals surface area contributed by atoms with E-state index in [1.54, 1.807) is 6.07 Å². The van der Waals surface area contributed by atoms with Gasteiger partial charge in [0.05, 0.1) is 6.54 Å². The Kier molecular flexibility index (Phi) is 5.87. The summed E-state index contributed by atoms with van der Waals surface area (Å²) >= 11 is 0.